The average molecular weight is 376 g/mol. The predicted octanol–water partition coefficient (Wildman–Crippen LogP) is 1.95. The molecule has 0 bridgehead atoms. The van der Waals surface area contributed by atoms with E-state index in [9.17, 15) is 9.59 Å². The number of carbonyl (C=O) groups is 2. The van der Waals surface area contributed by atoms with E-state index < -0.39 is 0 Å². The van der Waals surface area contributed by atoms with Crippen LogP contribution >= 0.6 is 0 Å². The van der Waals surface area contributed by atoms with E-state index in [1.807, 2.05) is 35.2 Å². The Morgan fingerprint density at radius 3 is 2.46 bits per heavy atom. The molecular weight excluding hydrogens is 356 g/mol. The second-order valence-corrected chi connectivity index (χ2v) is 6.60. The first-order valence-electron chi connectivity index (χ1n) is 9.11. The lowest BCUT2D eigenvalue weighted by molar-refractivity contribution is -0.129. The molecule has 0 saturated carbocycles. The summed E-state index contributed by atoms with van der Waals surface area (Å²) in [6, 6.07) is 12.9. The molecule has 1 N–H and O–H groups in total. The number of hydrogen-bond donors (Lipinski definition) is 1. The number of fused-ring (bicyclic) bond motifs is 1. The number of aromatic nitrogens is 3. The minimum Gasteiger partial charge on any atom is -0.352 e. The Morgan fingerprint density at radius 2 is 1.75 bits per heavy atom. The molecule has 0 radical (unpaired) electrons. The van der Waals surface area contributed by atoms with Gasteiger partial charge in [-0.15, -0.1) is 10.2 Å². The van der Waals surface area contributed by atoms with Gasteiger partial charge in [-0.1, -0.05) is 18.2 Å². The van der Waals surface area contributed by atoms with Gasteiger partial charge in [-0.3, -0.25) is 14.6 Å². The molecule has 1 aromatic carbocycles. The van der Waals surface area contributed by atoms with Crippen molar-refractivity contribution in [3.05, 3.63) is 54.4 Å². The molecule has 1 saturated heterocycles. The Hall–Kier alpha value is -3.55. The van der Waals surface area contributed by atoms with Crippen molar-refractivity contribution in [2.45, 2.75) is 6.92 Å². The third-order valence-corrected chi connectivity index (χ3v) is 4.81. The zero-order valence-electron chi connectivity index (χ0n) is 15.5. The molecule has 1 fully saturated rings. The second-order valence-electron chi connectivity index (χ2n) is 6.60. The van der Waals surface area contributed by atoms with Crippen LogP contribution in [0.15, 0.2) is 48.7 Å². The number of benzene rings is 1. The standard InChI is InChI=1S/C20H20N6O2/c1-14(27)25-10-12-26(13-11-25)18-8-7-17(23-24-18)20(28)22-16-6-2-4-15-5-3-9-21-19(15)16/h2-9H,10-13H2,1H3,(H,22,28). The van der Waals surface area contributed by atoms with Gasteiger partial charge in [0.1, 0.15) is 0 Å². The number of amides is 2. The Balaban J connectivity index is 1.45. The van der Waals surface area contributed by atoms with Crippen molar-refractivity contribution in [2.24, 2.45) is 0 Å². The fourth-order valence-electron chi connectivity index (χ4n) is 3.26. The largest absolute Gasteiger partial charge is 0.352 e. The minimum absolute atomic E-state index is 0.0840. The van der Waals surface area contributed by atoms with E-state index in [0.717, 1.165) is 10.9 Å². The number of piperazine rings is 1. The first-order valence-corrected chi connectivity index (χ1v) is 9.11. The summed E-state index contributed by atoms with van der Waals surface area (Å²) in [6.07, 6.45) is 1.69. The van der Waals surface area contributed by atoms with Crippen molar-refractivity contribution in [3.63, 3.8) is 0 Å². The van der Waals surface area contributed by atoms with Crippen LogP contribution in [0.4, 0.5) is 11.5 Å². The third-order valence-electron chi connectivity index (χ3n) is 4.81. The zero-order valence-corrected chi connectivity index (χ0v) is 15.5. The highest BCUT2D eigenvalue weighted by Crippen LogP contribution is 2.21. The summed E-state index contributed by atoms with van der Waals surface area (Å²) >= 11 is 0. The molecule has 1 aliphatic heterocycles. The van der Waals surface area contributed by atoms with Crippen molar-refractivity contribution < 1.29 is 9.59 Å². The topological polar surface area (TPSA) is 91.3 Å². The molecule has 8 nitrogen and oxygen atoms in total. The number of para-hydroxylation sites is 1. The van der Waals surface area contributed by atoms with Crippen LogP contribution in [0.5, 0.6) is 0 Å². The van der Waals surface area contributed by atoms with Crippen molar-refractivity contribution in [1.29, 1.82) is 0 Å². The summed E-state index contributed by atoms with van der Waals surface area (Å²) in [7, 11) is 0. The van der Waals surface area contributed by atoms with Crippen LogP contribution < -0.4 is 10.2 Å². The fraction of sp³-hybridized carbons (Fsp3) is 0.250. The Bertz CT molecular complexity index is 1010. The molecule has 142 valence electrons. The molecule has 3 aromatic rings. The molecule has 28 heavy (non-hydrogen) atoms. The van der Waals surface area contributed by atoms with Crippen LogP contribution in [0.25, 0.3) is 10.9 Å². The van der Waals surface area contributed by atoms with Gasteiger partial charge < -0.3 is 15.1 Å². The number of nitrogens with one attached hydrogen (secondary N) is 1. The molecule has 8 heteroatoms. The molecule has 0 unspecified atom stereocenters. The molecule has 0 aliphatic carbocycles. The number of nitrogens with zero attached hydrogens (tertiary/aromatic N) is 5. The van der Waals surface area contributed by atoms with Gasteiger partial charge in [0.15, 0.2) is 11.5 Å². The van der Waals surface area contributed by atoms with Crippen molar-refractivity contribution in [2.75, 3.05) is 36.4 Å². The highest BCUT2D eigenvalue weighted by atomic mass is 16.2. The van der Waals surface area contributed by atoms with Crippen LogP contribution in [0.3, 0.4) is 0 Å². The molecule has 1 aliphatic rings. The van der Waals surface area contributed by atoms with Gasteiger partial charge in [0.05, 0.1) is 11.2 Å². The summed E-state index contributed by atoms with van der Waals surface area (Å²) in [6.45, 7) is 4.29. The predicted molar refractivity (Wildman–Crippen MR) is 106 cm³/mol. The first kappa shape index (κ1) is 17.8. The van der Waals surface area contributed by atoms with E-state index >= 15 is 0 Å². The van der Waals surface area contributed by atoms with E-state index in [1.165, 1.54) is 0 Å². The van der Waals surface area contributed by atoms with Gasteiger partial charge in [0, 0.05) is 44.7 Å². The maximum atomic E-state index is 12.6. The Labute approximate surface area is 162 Å². The summed E-state index contributed by atoms with van der Waals surface area (Å²) in [5.74, 6) is 0.450. The number of carbonyl (C=O) groups excluding carboxylic acids is 2. The Morgan fingerprint density at radius 1 is 0.964 bits per heavy atom. The number of rotatable bonds is 3. The number of pyridine rings is 1. The van der Waals surface area contributed by atoms with Gasteiger partial charge in [0.2, 0.25) is 5.91 Å². The van der Waals surface area contributed by atoms with Crippen molar-refractivity contribution in [3.8, 4) is 0 Å². The van der Waals surface area contributed by atoms with E-state index in [2.05, 4.69) is 25.4 Å². The van der Waals surface area contributed by atoms with Crippen LogP contribution in [0, 0.1) is 0 Å². The van der Waals surface area contributed by atoms with Gasteiger partial charge in [-0.2, -0.15) is 0 Å². The molecule has 0 atom stereocenters. The van der Waals surface area contributed by atoms with Gasteiger partial charge in [-0.05, 0) is 24.3 Å². The van der Waals surface area contributed by atoms with Gasteiger partial charge in [0.25, 0.3) is 5.91 Å². The third kappa shape index (κ3) is 3.62. The minimum atomic E-state index is -0.335. The normalized spacial score (nSPS) is 14.2. The van der Waals surface area contributed by atoms with Crippen molar-refractivity contribution >= 4 is 34.2 Å². The van der Waals surface area contributed by atoms with Gasteiger partial charge >= 0.3 is 0 Å². The number of hydrogen-bond acceptors (Lipinski definition) is 6. The summed E-state index contributed by atoms with van der Waals surface area (Å²) in [5.41, 5.74) is 1.60. The molecule has 2 aromatic heterocycles. The fourth-order valence-corrected chi connectivity index (χ4v) is 3.26. The monoisotopic (exact) mass is 376 g/mol. The highest BCUT2D eigenvalue weighted by molar-refractivity contribution is 6.07. The van der Waals surface area contributed by atoms with Crippen LogP contribution in [0.2, 0.25) is 0 Å². The maximum absolute atomic E-state index is 12.6. The maximum Gasteiger partial charge on any atom is 0.276 e. The quantitative estimate of drug-likeness (QED) is 0.751. The smallest absolute Gasteiger partial charge is 0.276 e. The van der Waals surface area contributed by atoms with E-state index in [1.54, 1.807) is 25.3 Å². The first-order chi connectivity index (χ1) is 13.6. The summed E-state index contributed by atoms with van der Waals surface area (Å²) < 4.78 is 0. The SMILES string of the molecule is CC(=O)N1CCN(c2ccc(C(=O)Nc3cccc4cccnc34)nn2)CC1. The van der Waals surface area contributed by atoms with Crippen LogP contribution in [0.1, 0.15) is 17.4 Å². The van der Waals surface area contributed by atoms with Crippen molar-refractivity contribution in [1.82, 2.24) is 20.1 Å². The molecule has 3 heterocycles. The summed E-state index contributed by atoms with van der Waals surface area (Å²) in [4.78, 5) is 32.2. The molecule has 2 amide bonds. The average Bonchev–Trinajstić information content (AvgIpc) is 2.74. The van der Waals surface area contributed by atoms with Crippen LogP contribution in [-0.4, -0.2) is 58.1 Å². The van der Waals surface area contributed by atoms with E-state index in [-0.39, 0.29) is 17.5 Å². The Kier molecular flexibility index (Phi) is 4.84. The molecular formula is C20H20N6O2. The van der Waals surface area contributed by atoms with E-state index in [4.69, 9.17) is 0 Å². The lowest BCUT2D eigenvalue weighted by Crippen LogP contribution is -2.48. The lowest BCUT2D eigenvalue weighted by atomic mass is 10.2. The van der Waals surface area contributed by atoms with E-state index in [0.29, 0.717) is 37.7 Å². The summed E-state index contributed by atoms with van der Waals surface area (Å²) in [5, 5.41) is 12.1. The van der Waals surface area contributed by atoms with Gasteiger partial charge in [-0.25, -0.2) is 0 Å². The zero-order chi connectivity index (χ0) is 19.5. The molecule has 4 rings (SSSR count). The highest BCUT2D eigenvalue weighted by Gasteiger charge is 2.20. The van der Waals surface area contributed by atoms with Crippen LogP contribution in [-0.2, 0) is 4.79 Å². The number of anilines is 2. The second kappa shape index (κ2) is 7.59. The molecule has 0 spiro atoms. The lowest BCUT2D eigenvalue weighted by Gasteiger charge is -2.34.